The monoisotopic (exact) mass is 433 g/mol. The van der Waals surface area contributed by atoms with Crippen molar-refractivity contribution < 1.29 is 32.6 Å². The summed E-state index contributed by atoms with van der Waals surface area (Å²) in [6.07, 6.45) is 0. The molecule has 11 heteroatoms. The van der Waals surface area contributed by atoms with Crippen LogP contribution in [0, 0.1) is 0 Å². The molecule has 1 aliphatic heterocycles. The van der Waals surface area contributed by atoms with Gasteiger partial charge in [-0.3, -0.25) is 9.59 Å². The molecule has 10 nitrogen and oxygen atoms in total. The molecule has 158 valence electrons. The molecule has 1 saturated heterocycles. The van der Waals surface area contributed by atoms with Gasteiger partial charge in [-0.1, -0.05) is 12.1 Å². The number of para-hydroxylation sites is 1. The summed E-state index contributed by atoms with van der Waals surface area (Å²) in [6.45, 7) is 0.0275. The van der Waals surface area contributed by atoms with Crippen LogP contribution >= 0.6 is 0 Å². The van der Waals surface area contributed by atoms with Gasteiger partial charge in [-0.25, -0.2) is 13.2 Å². The van der Waals surface area contributed by atoms with E-state index in [-0.39, 0.29) is 41.3 Å². The van der Waals surface area contributed by atoms with Gasteiger partial charge in [0.2, 0.25) is 15.9 Å². The van der Waals surface area contributed by atoms with E-state index in [1.54, 1.807) is 0 Å². The number of anilines is 1. The number of phenols is 1. The van der Waals surface area contributed by atoms with Crippen LogP contribution in [0.1, 0.15) is 20.7 Å². The molecule has 0 aromatic heterocycles. The van der Waals surface area contributed by atoms with E-state index in [1.807, 2.05) is 0 Å². The number of phenolic OH excluding ortho intramolecular Hbond substituents is 1. The molecule has 2 amide bonds. The molecule has 1 heterocycles. The third kappa shape index (κ3) is 4.26. The number of methoxy groups -OCH3 is 1. The number of nitrogens with one attached hydrogen (secondary N) is 2. The molecule has 30 heavy (non-hydrogen) atoms. The third-order valence-corrected chi connectivity index (χ3v) is 6.27. The third-order valence-electron chi connectivity index (χ3n) is 4.43. The largest absolute Gasteiger partial charge is 0.505 e. The minimum atomic E-state index is -3.97. The quantitative estimate of drug-likeness (QED) is 0.462. The van der Waals surface area contributed by atoms with Gasteiger partial charge in [-0.2, -0.15) is 4.31 Å². The first-order valence-electron chi connectivity index (χ1n) is 8.82. The number of sulfonamides is 1. The molecule has 0 spiro atoms. The highest BCUT2D eigenvalue weighted by Crippen LogP contribution is 2.28. The molecule has 1 aliphatic rings. The minimum absolute atomic E-state index is 0.0143. The summed E-state index contributed by atoms with van der Waals surface area (Å²) < 4.78 is 31.2. The highest BCUT2D eigenvalue weighted by Gasteiger charge is 2.29. The molecule has 0 atom stereocenters. The van der Waals surface area contributed by atoms with Gasteiger partial charge in [0.25, 0.3) is 5.91 Å². The van der Waals surface area contributed by atoms with E-state index in [2.05, 4.69) is 15.4 Å². The Bertz CT molecular complexity index is 1110. The summed E-state index contributed by atoms with van der Waals surface area (Å²) in [6, 6.07) is 9.47. The summed E-state index contributed by atoms with van der Waals surface area (Å²) in [7, 11) is -2.81. The number of carbonyl (C=O) groups is 3. The van der Waals surface area contributed by atoms with E-state index >= 15 is 0 Å². The lowest BCUT2D eigenvalue weighted by molar-refractivity contribution is -0.122. The minimum Gasteiger partial charge on any atom is -0.505 e. The molecule has 0 bridgehead atoms. The number of rotatable bonds is 5. The maximum absolute atomic E-state index is 12.8. The Morgan fingerprint density at radius 3 is 2.63 bits per heavy atom. The standard InChI is InChI=1S/C19H19N3O7S/c1-29-19(26)14-6-3-7-15(17(14)24)21-18(25)12-4-2-5-13(10-12)30(27,28)22-9-8-20-16(23)11-22/h2-7,10,24H,8-9,11H2,1H3,(H,20,23)(H,21,25). The Morgan fingerprint density at radius 1 is 1.20 bits per heavy atom. The van der Waals surface area contributed by atoms with Gasteiger partial charge in [-0.15, -0.1) is 0 Å². The Kier molecular flexibility index (Phi) is 6.04. The van der Waals surface area contributed by atoms with Gasteiger partial charge in [0.05, 0.1) is 24.2 Å². The average molecular weight is 433 g/mol. The average Bonchev–Trinajstić information content (AvgIpc) is 2.74. The fourth-order valence-electron chi connectivity index (χ4n) is 2.88. The number of carbonyl (C=O) groups excluding carboxylic acids is 3. The summed E-state index contributed by atoms with van der Waals surface area (Å²) in [4.78, 5) is 35.7. The zero-order chi connectivity index (χ0) is 21.9. The van der Waals surface area contributed by atoms with Crippen molar-refractivity contribution in [2.75, 3.05) is 32.1 Å². The van der Waals surface area contributed by atoms with Gasteiger partial charge in [0.1, 0.15) is 5.56 Å². The molecule has 1 fully saturated rings. The highest BCUT2D eigenvalue weighted by atomic mass is 32.2. The lowest BCUT2D eigenvalue weighted by atomic mass is 10.1. The van der Waals surface area contributed by atoms with Crippen molar-refractivity contribution in [1.29, 1.82) is 0 Å². The van der Waals surface area contributed by atoms with E-state index in [0.717, 1.165) is 11.4 Å². The molecule has 0 unspecified atom stereocenters. The van der Waals surface area contributed by atoms with Crippen LogP contribution in [0.2, 0.25) is 0 Å². The van der Waals surface area contributed by atoms with Crippen LogP contribution in [0.15, 0.2) is 47.4 Å². The molecule has 0 saturated carbocycles. The van der Waals surface area contributed by atoms with E-state index in [0.29, 0.717) is 0 Å². The second-order valence-corrected chi connectivity index (χ2v) is 8.30. The zero-order valence-corrected chi connectivity index (χ0v) is 16.7. The van der Waals surface area contributed by atoms with Crippen LogP contribution in [0.4, 0.5) is 5.69 Å². The lowest BCUT2D eigenvalue weighted by Gasteiger charge is -2.26. The van der Waals surface area contributed by atoms with Crippen molar-refractivity contribution >= 4 is 33.5 Å². The van der Waals surface area contributed by atoms with Crippen LogP contribution in [0.5, 0.6) is 5.75 Å². The van der Waals surface area contributed by atoms with Crippen molar-refractivity contribution in [3.8, 4) is 5.75 Å². The van der Waals surface area contributed by atoms with Crippen LogP contribution in [-0.2, 0) is 19.6 Å². The number of piperazine rings is 1. The van der Waals surface area contributed by atoms with Gasteiger partial charge < -0.3 is 20.5 Å². The molecule has 2 aromatic carbocycles. The topological polar surface area (TPSA) is 142 Å². The number of aromatic hydroxyl groups is 1. The van der Waals surface area contributed by atoms with E-state index < -0.39 is 33.6 Å². The summed E-state index contributed by atoms with van der Waals surface area (Å²) in [5, 5.41) is 15.2. The van der Waals surface area contributed by atoms with Crippen molar-refractivity contribution in [1.82, 2.24) is 9.62 Å². The SMILES string of the molecule is COC(=O)c1cccc(NC(=O)c2cccc(S(=O)(=O)N3CCNC(=O)C3)c2)c1O. The zero-order valence-electron chi connectivity index (χ0n) is 15.9. The summed E-state index contributed by atoms with van der Waals surface area (Å²) >= 11 is 0. The van der Waals surface area contributed by atoms with E-state index in [1.165, 1.54) is 42.5 Å². The molecular weight excluding hydrogens is 414 g/mol. The Morgan fingerprint density at radius 2 is 1.93 bits per heavy atom. The number of hydrogen-bond donors (Lipinski definition) is 3. The molecule has 0 radical (unpaired) electrons. The van der Waals surface area contributed by atoms with Crippen LogP contribution in [0.3, 0.4) is 0 Å². The van der Waals surface area contributed by atoms with Gasteiger partial charge in [0, 0.05) is 18.7 Å². The number of benzene rings is 2. The first kappa shape index (κ1) is 21.3. The number of hydrogen-bond acceptors (Lipinski definition) is 7. The second-order valence-electron chi connectivity index (χ2n) is 6.36. The molecular formula is C19H19N3O7S. The van der Waals surface area contributed by atoms with Crippen molar-refractivity contribution in [3.05, 3.63) is 53.6 Å². The van der Waals surface area contributed by atoms with E-state index in [4.69, 9.17) is 0 Å². The molecule has 3 rings (SSSR count). The Balaban J connectivity index is 1.85. The molecule has 0 aliphatic carbocycles. The van der Waals surface area contributed by atoms with Crippen LogP contribution in [-0.4, -0.2) is 62.4 Å². The first-order valence-corrected chi connectivity index (χ1v) is 10.3. The van der Waals surface area contributed by atoms with Crippen molar-refractivity contribution in [2.24, 2.45) is 0 Å². The molecule has 3 N–H and O–H groups in total. The fraction of sp³-hybridized carbons (Fsp3) is 0.211. The summed E-state index contributed by atoms with van der Waals surface area (Å²) in [5.74, 6) is -2.34. The number of esters is 1. The van der Waals surface area contributed by atoms with Crippen molar-refractivity contribution in [3.63, 3.8) is 0 Å². The lowest BCUT2D eigenvalue weighted by Crippen LogP contribution is -2.49. The first-order chi connectivity index (χ1) is 14.2. The summed E-state index contributed by atoms with van der Waals surface area (Å²) in [5.41, 5.74) is -0.153. The Labute approximate surface area is 172 Å². The van der Waals surface area contributed by atoms with Gasteiger partial charge >= 0.3 is 5.97 Å². The normalized spacial score (nSPS) is 14.6. The van der Waals surface area contributed by atoms with Crippen LogP contribution in [0.25, 0.3) is 0 Å². The smallest absolute Gasteiger partial charge is 0.341 e. The predicted molar refractivity (Wildman–Crippen MR) is 106 cm³/mol. The van der Waals surface area contributed by atoms with Crippen LogP contribution < -0.4 is 10.6 Å². The fourth-order valence-corrected chi connectivity index (χ4v) is 4.32. The Hall–Kier alpha value is -3.44. The van der Waals surface area contributed by atoms with Crippen molar-refractivity contribution in [2.45, 2.75) is 4.90 Å². The number of ether oxygens (including phenoxy) is 1. The predicted octanol–water partition coefficient (Wildman–Crippen LogP) is 0.552. The number of amides is 2. The number of nitrogens with zero attached hydrogens (tertiary/aromatic N) is 1. The maximum atomic E-state index is 12.8. The second kappa shape index (κ2) is 8.51. The van der Waals surface area contributed by atoms with E-state index in [9.17, 15) is 27.9 Å². The van der Waals surface area contributed by atoms with Gasteiger partial charge in [0.15, 0.2) is 5.75 Å². The van der Waals surface area contributed by atoms with Gasteiger partial charge in [-0.05, 0) is 30.3 Å². The maximum Gasteiger partial charge on any atom is 0.341 e. The highest BCUT2D eigenvalue weighted by molar-refractivity contribution is 7.89. The molecule has 2 aromatic rings.